The molecule has 0 aliphatic heterocycles. The first-order valence-corrected chi connectivity index (χ1v) is 11.7. The summed E-state index contributed by atoms with van der Waals surface area (Å²) in [6.45, 7) is 13.9. The van der Waals surface area contributed by atoms with E-state index in [2.05, 4.69) is 39.2 Å². The molecule has 2 amide bonds. The summed E-state index contributed by atoms with van der Waals surface area (Å²) in [5, 5.41) is 13.4. The highest BCUT2D eigenvalue weighted by molar-refractivity contribution is 6.74. The van der Waals surface area contributed by atoms with Crippen molar-refractivity contribution in [3.63, 3.8) is 0 Å². The average Bonchev–Trinajstić information content (AvgIpc) is 3.24. The second-order valence-electron chi connectivity index (χ2n) is 8.32. The van der Waals surface area contributed by atoms with Crippen molar-refractivity contribution in [3.05, 3.63) is 0 Å². The lowest BCUT2D eigenvalue weighted by molar-refractivity contribution is -0.307. The Balaban J connectivity index is 2.54. The van der Waals surface area contributed by atoms with Gasteiger partial charge in [0.05, 0.1) is 18.6 Å². The zero-order chi connectivity index (χ0) is 18.5. The van der Waals surface area contributed by atoms with Gasteiger partial charge in [0.1, 0.15) is 0 Å². The summed E-state index contributed by atoms with van der Waals surface area (Å²) in [5.41, 5.74) is 0. The molecule has 24 heavy (non-hydrogen) atoms. The van der Waals surface area contributed by atoms with Crippen LogP contribution < -0.4 is 10.4 Å². The van der Waals surface area contributed by atoms with Crippen LogP contribution in [-0.2, 0) is 9.22 Å². The number of nitrogens with one attached hydrogen (secondary N) is 1. The molecule has 1 rings (SSSR count). The van der Waals surface area contributed by atoms with Crippen molar-refractivity contribution in [2.75, 3.05) is 19.7 Å². The molecular formula is C17H33N2O4Si-. The molecule has 1 saturated carbocycles. The molecule has 0 unspecified atom stereocenters. The first-order valence-electron chi connectivity index (χ1n) is 8.84. The summed E-state index contributed by atoms with van der Waals surface area (Å²) in [4.78, 5) is 24.8. The third-order valence-electron chi connectivity index (χ3n) is 5.12. The third kappa shape index (κ3) is 6.81. The van der Waals surface area contributed by atoms with Crippen LogP contribution in [0.3, 0.4) is 0 Å². The second kappa shape index (κ2) is 8.34. The molecule has 1 aliphatic rings. The Morgan fingerprint density at radius 1 is 1.29 bits per heavy atom. The Morgan fingerprint density at radius 3 is 2.33 bits per heavy atom. The molecule has 0 aromatic heterocycles. The second-order valence-corrected chi connectivity index (χ2v) is 13.1. The van der Waals surface area contributed by atoms with Crippen molar-refractivity contribution in [1.29, 1.82) is 0 Å². The molecule has 0 aromatic carbocycles. The smallest absolute Gasteiger partial charge is 0.317 e. The number of carbonyl (C=O) groups excluding carboxylic acids is 2. The number of carboxylic acid groups (broad SMARTS) is 1. The Bertz CT molecular complexity index is 444. The molecule has 1 N–H and O–H groups in total. The zero-order valence-corrected chi connectivity index (χ0v) is 17.0. The Morgan fingerprint density at radius 2 is 1.88 bits per heavy atom. The Labute approximate surface area is 147 Å². The number of carboxylic acids is 1. The van der Waals surface area contributed by atoms with E-state index in [-0.39, 0.29) is 11.1 Å². The summed E-state index contributed by atoms with van der Waals surface area (Å²) in [6.07, 6.45) is 3.42. The summed E-state index contributed by atoms with van der Waals surface area (Å²) in [7, 11) is -1.85. The van der Waals surface area contributed by atoms with Crippen LogP contribution in [0.15, 0.2) is 0 Å². The van der Waals surface area contributed by atoms with Gasteiger partial charge in [-0.1, -0.05) is 33.6 Å². The van der Waals surface area contributed by atoms with Crippen LogP contribution in [0.5, 0.6) is 0 Å². The van der Waals surface area contributed by atoms with Gasteiger partial charge in [-0.3, -0.25) is 0 Å². The highest BCUT2D eigenvalue weighted by Crippen LogP contribution is 2.36. The molecule has 6 nitrogen and oxygen atoms in total. The van der Waals surface area contributed by atoms with Crippen molar-refractivity contribution < 1.29 is 19.1 Å². The van der Waals surface area contributed by atoms with E-state index in [1.807, 2.05) is 0 Å². The van der Waals surface area contributed by atoms with Crippen molar-refractivity contribution in [2.24, 2.45) is 5.92 Å². The van der Waals surface area contributed by atoms with E-state index < -0.39 is 20.3 Å². The Hall–Kier alpha value is -1.08. The molecule has 140 valence electrons. The van der Waals surface area contributed by atoms with Gasteiger partial charge >= 0.3 is 6.03 Å². The molecule has 0 aromatic rings. The number of aliphatic carboxylic acids is 1. The molecule has 0 bridgehead atoms. The molecule has 1 aliphatic carbocycles. The lowest BCUT2D eigenvalue weighted by Crippen LogP contribution is -2.52. The molecule has 0 spiro atoms. The monoisotopic (exact) mass is 357 g/mol. The summed E-state index contributed by atoms with van der Waals surface area (Å²) >= 11 is 0. The highest BCUT2D eigenvalue weighted by Gasteiger charge is 2.37. The summed E-state index contributed by atoms with van der Waals surface area (Å²) in [5.74, 6) is -0.566. The lowest BCUT2D eigenvalue weighted by atomic mass is 10.2. The van der Waals surface area contributed by atoms with E-state index >= 15 is 0 Å². The van der Waals surface area contributed by atoms with E-state index in [0.29, 0.717) is 25.6 Å². The fourth-order valence-corrected chi connectivity index (χ4v) is 3.06. The normalized spacial score (nSPS) is 16.6. The molecule has 0 saturated heterocycles. The van der Waals surface area contributed by atoms with Gasteiger partial charge in [-0.05, 0) is 37.4 Å². The van der Waals surface area contributed by atoms with Crippen LogP contribution >= 0.6 is 0 Å². The lowest BCUT2D eigenvalue weighted by Gasteiger charge is -2.37. The minimum absolute atomic E-state index is 0.123. The maximum absolute atomic E-state index is 12.3. The molecular weight excluding hydrogens is 324 g/mol. The molecule has 7 heteroatoms. The number of carbonyl (C=O) groups is 2. The Kier molecular flexibility index (Phi) is 7.28. The van der Waals surface area contributed by atoms with Crippen LogP contribution in [-0.4, -0.2) is 51.0 Å². The first kappa shape index (κ1) is 21.0. The van der Waals surface area contributed by atoms with Gasteiger partial charge in [0.15, 0.2) is 8.32 Å². The quantitative estimate of drug-likeness (QED) is 0.640. The predicted octanol–water partition coefficient (Wildman–Crippen LogP) is 1.96. The number of hydrogen-bond acceptors (Lipinski definition) is 4. The number of amides is 2. The van der Waals surface area contributed by atoms with Crippen LogP contribution in [0.4, 0.5) is 4.79 Å². The largest absolute Gasteiger partial charge is 0.548 e. The maximum Gasteiger partial charge on any atom is 0.317 e. The summed E-state index contributed by atoms with van der Waals surface area (Å²) in [6, 6.07) is -1.35. The number of urea groups is 1. The van der Waals surface area contributed by atoms with Crippen molar-refractivity contribution in [2.45, 2.75) is 71.1 Å². The van der Waals surface area contributed by atoms with Gasteiger partial charge < -0.3 is 24.5 Å². The zero-order valence-electron chi connectivity index (χ0n) is 16.0. The van der Waals surface area contributed by atoms with Crippen LogP contribution in [0, 0.1) is 5.92 Å². The third-order valence-corrected chi connectivity index (χ3v) is 9.65. The van der Waals surface area contributed by atoms with Crippen molar-refractivity contribution >= 4 is 20.3 Å². The van der Waals surface area contributed by atoms with Crippen molar-refractivity contribution in [3.8, 4) is 0 Å². The fourth-order valence-electron chi connectivity index (χ4n) is 2.02. The van der Waals surface area contributed by atoms with Crippen LogP contribution in [0.1, 0.15) is 47.0 Å². The standard InChI is InChI=1S/C17H34N2O4Si/c1-13(15(20)21)18-16(22)19(10-9-14-7-8-14)11-12-23-24(5,6)17(2,3)4/h13-14H,7-12H2,1-6H3,(H,18,22)(H,20,21)/p-1/t13-/m0/s1. The predicted molar refractivity (Wildman–Crippen MR) is 95.1 cm³/mol. The number of rotatable bonds is 9. The SMILES string of the molecule is C[C@H](NC(=O)N(CCO[Si](C)(C)C(C)(C)C)CCC1CC1)C(=O)[O-]. The van der Waals surface area contributed by atoms with Gasteiger partial charge in [-0.2, -0.15) is 0 Å². The van der Waals surface area contributed by atoms with Crippen LogP contribution in [0.2, 0.25) is 18.1 Å². The number of nitrogens with zero attached hydrogens (tertiary/aromatic N) is 1. The first-order chi connectivity index (χ1) is 10.9. The number of hydrogen-bond donors (Lipinski definition) is 1. The topological polar surface area (TPSA) is 81.7 Å². The van der Waals surface area contributed by atoms with Gasteiger partial charge in [0.2, 0.25) is 0 Å². The van der Waals surface area contributed by atoms with E-state index in [4.69, 9.17) is 4.43 Å². The fraction of sp³-hybridized carbons (Fsp3) is 0.882. The molecule has 1 fully saturated rings. The van der Waals surface area contributed by atoms with E-state index in [1.54, 1.807) is 4.90 Å². The maximum atomic E-state index is 12.3. The molecule has 0 radical (unpaired) electrons. The minimum atomic E-state index is -1.85. The van der Waals surface area contributed by atoms with Crippen LogP contribution in [0.25, 0.3) is 0 Å². The van der Waals surface area contributed by atoms with Gasteiger partial charge in [0.25, 0.3) is 0 Å². The van der Waals surface area contributed by atoms with Gasteiger partial charge in [-0.15, -0.1) is 0 Å². The average molecular weight is 358 g/mol. The van der Waals surface area contributed by atoms with Crippen molar-refractivity contribution in [1.82, 2.24) is 10.2 Å². The van der Waals surface area contributed by atoms with Gasteiger partial charge in [0, 0.05) is 13.1 Å². The highest BCUT2D eigenvalue weighted by atomic mass is 28.4. The minimum Gasteiger partial charge on any atom is -0.548 e. The van der Waals surface area contributed by atoms with E-state index in [1.165, 1.54) is 19.8 Å². The van der Waals surface area contributed by atoms with Gasteiger partial charge in [-0.25, -0.2) is 4.79 Å². The molecule has 0 heterocycles. The molecule has 1 atom stereocenters. The van der Waals surface area contributed by atoms with E-state index in [0.717, 1.165) is 6.42 Å². The van der Waals surface area contributed by atoms with E-state index in [9.17, 15) is 14.7 Å². The summed E-state index contributed by atoms with van der Waals surface area (Å²) < 4.78 is 6.14.